The van der Waals surface area contributed by atoms with E-state index in [9.17, 15) is 4.79 Å². The van der Waals surface area contributed by atoms with Crippen LogP contribution in [-0.4, -0.2) is 67.1 Å². The Morgan fingerprint density at radius 1 is 1.06 bits per heavy atom. The van der Waals surface area contributed by atoms with Crippen LogP contribution in [0.5, 0.6) is 5.75 Å². The Kier molecular flexibility index (Phi) is 7.99. The average molecular weight is 668 g/mol. The van der Waals surface area contributed by atoms with E-state index in [-0.39, 0.29) is 58.6 Å². The first-order valence-electron chi connectivity index (χ1n) is 16.7. The van der Waals surface area contributed by atoms with Gasteiger partial charge in [0.25, 0.3) is 5.56 Å². The monoisotopic (exact) mass is 667 g/mol. The van der Waals surface area contributed by atoms with Gasteiger partial charge in [0, 0.05) is 36.5 Å². The van der Waals surface area contributed by atoms with Gasteiger partial charge in [-0.2, -0.15) is 0 Å². The molecule has 1 N–H and O–H groups in total. The van der Waals surface area contributed by atoms with Gasteiger partial charge in [-0.25, -0.2) is 23.7 Å². The fraction of sp³-hybridized carbons (Fsp3) is 0.378. The highest BCUT2D eigenvalue weighted by Gasteiger charge is 2.40. The van der Waals surface area contributed by atoms with Gasteiger partial charge in [0.15, 0.2) is 5.82 Å². The minimum atomic E-state index is -0.906. The molecule has 49 heavy (non-hydrogen) atoms. The smallest absolute Gasteiger partial charge is 0.300 e. The summed E-state index contributed by atoms with van der Waals surface area (Å²) in [6.07, 6.45) is 4.72. The van der Waals surface area contributed by atoms with Crippen molar-refractivity contribution in [2.75, 3.05) is 24.6 Å². The van der Waals surface area contributed by atoms with Crippen LogP contribution in [0.2, 0.25) is 0 Å². The van der Waals surface area contributed by atoms with E-state index in [0.717, 1.165) is 0 Å². The fourth-order valence-electron chi connectivity index (χ4n) is 7.48. The Hall–Kier alpha value is -5.13. The Balaban J connectivity index is 1.64. The van der Waals surface area contributed by atoms with Crippen LogP contribution in [0.3, 0.4) is 0 Å². The number of aromatic nitrogens is 5. The maximum atomic E-state index is 17.8. The molecule has 0 radical (unpaired) electrons. The molecule has 2 aromatic carbocycles. The first kappa shape index (κ1) is 32.4. The number of ether oxygens (including phenoxy) is 1. The number of halogens is 2. The van der Waals surface area contributed by atoms with Crippen LogP contribution in [0.1, 0.15) is 69.8 Å². The van der Waals surface area contributed by atoms with Gasteiger partial charge in [-0.3, -0.25) is 14.2 Å². The molecule has 3 aromatic heterocycles. The summed E-state index contributed by atoms with van der Waals surface area (Å²) >= 11 is 0. The first-order chi connectivity index (χ1) is 23.4. The second-order valence-electron chi connectivity index (χ2n) is 13.6. The lowest BCUT2D eigenvalue weighted by molar-refractivity contribution is -0.129. The molecule has 0 saturated carbocycles. The number of imidazole rings is 1. The number of carbonyl (C=O) groups excluding carboxylic acids is 1. The van der Waals surface area contributed by atoms with Crippen molar-refractivity contribution in [1.82, 2.24) is 29.4 Å². The van der Waals surface area contributed by atoms with Gasteiger partial charge < -0.3 is 19.5 Å². The number of benzene rings is 2. The molecule has 10 nitrogen and oxygen atoms in total. The lowest BCUT2D eigenvalue weighted by Crippen LogP contribution is -2.59. The van der Waals surface area contributed by atoms with Crippen molar-refractivity contribution in [3.63, 3.8) is 0 Å². The highest BCUT2D eigenvalue weighted by Crippen LogP contribution is 2.45. The molecule has 0 bridgehead atoms. The maximum Gasteiger partial charge on any atom is 0.300 e. The molecule has 1 amide bonds. The number of hydrogen-bond acceptors (Lipinski definition) is 7. The highest BCUT2D eigenvalue weighted by molar-refractivity contribution is 6.02. The zero-order valence-corrected chi connectivity index (χ0v) is 28.5. The van der Waals surface area contributed by atoms with Crippen molar-refractivity contribution in [2.45, 2.75) is 71.9 Å². The summed E-state index contributed by atoms with van der Waals surface area (Å²) in [4.78, 5) is 48.1. The summed E-state index contributed by atoms with van der Waals surface area (Å²) in [6, 6.07) is 4.35. The van der Waals surface area contributed by atoms with E-state index in [4.69, 9.17) is 4.74 Å². The van der Waals surface area contributed by atoms with Crippen LogP contribution >= 0.6 is 0 Å². The normalized spacial score (nSPS) is 17.8. The van der Waals surface area contributed by atoms with Crippen LogP contribution in [0.25, 0.3) is 38.8 Å². The lowest BCUT2D eigenvalue weighted by atomic mass is 9.94. The van der Waals surface area contributed by atoms with E-state index in [1.54, 1.807) is 17.9 Å². The van der Waals surface area contributed by atoms with Crippen LogP contribution < -0.4 is 15.2 Å². The summed E-state index contributed by atoms with van der Waals surface area (Å²) in [5, 5.41) is 0.177. The lowest BCUT2D eigenvalue weighted by Gasteiger charge is -2.45. The average Bonchev–Trinajstić information content (AvgIpc) is 3.47. The van der Waals surface area contributed by atoms with Crippen molar-refractivity contribution in [1.29, 1.82) is 0 Å². The van der Waals surface area contributed by atoms with E-state index in [2.05, 4.69) is 26.5 Å². The molecule has 2 aliphatic heterocycles. The Bertz CT molecular complexity index is 2200. The summed E-state index contributed by atoms with van der Waals surface area (Å²) < 4.78 is 42.2. The number of hydrogen-bond donors (Lipinski definition) is 1. The Morgan fingerprint density at radius 2 is 1.78 bits per heavy atom. The molecular weight excluding hydrogens is 628 g/mol. The summed E-state index contributed by atoms with van der Waals surface area (Å²) in [7, 11) is 0. The third-order valence-corrected chi connectivity index (χ3v) is 9.81. The molecule has 2 unspecified atom stereocenters. The number of amides is 1. The fourth-order valence-corrected chi connectivity index (χ4v) is 7.48. The Labute approximate surface area is 282 Å². The largest absolute Gasteiger partial charge is 0.486 e. The number of aromatic amines is 1. The molecule has 1 fully saturated rings. The summed E-state index contributed by atoms with van der Waals surface area (Å²) in [6.45, 7) is 16.0. The molecule has 254 valence electrons. The molecular formula is C37H39F2N7O3. The maximum absolute atomic E-state index is 17.8. The minimum Gasteiger partial charge on any atom is -0.486 e. The molecule has 1 saturated heterocycles. The van der Waals surface area contributed by atoms with Gasteiger partial charge in [0.1, 0.15) is 12.1 Å². The molecule has 2 aliphatic rings. The van der Waals surface area contributed by atoms with E-state index in [1.807, 2.05) is 45.6 Å². The second kappa shape index (κ2) is 12.1. The predicted octanol–water partition coefficient (Wildman–Crippen LogP) is 6.53. The van der Waals surface area contributed by atoms with Gasteiger partial charge in [-0.1, -0.05) is 40.3 Å². The van der Waals surface area contributed by atoms with Crippen molar-refractivity contribution in [3.05, 3.63) is 82.4 Å². The number of nitrogens with one attached hydrogen (secondary N) is 1. The van der Waals surface area contributed by atoms with Gasteiger partial charge in [-0.05, 0) is 49.5 Å². The van der Waals surface area contributed by atoms with Crippen molar-refractivity contribution in [2.24, 2.45) is 0 Å². The molecule has 0 spiro atoms. The van der Waals surface area contributed by atoms with Crippen molar-refractivity contribution >= 4 is 33.5 Å². The number of fused-ring (bicyclic) bond motifs is 6. The van der Waals surface area contributed by atoms with Crippen LogP contribution in [0.15, 0.2) is 48.3 Å². The molecule has 7 rings (SSSR count). The SMILES string of the molecule is C=CC(=O)N1CC2CCOc3c(c4cc(F)c(-c5c(C)ccc6[nH]cnc56)c(F)c4n(-c4c(C(C)C)ncnc4C(C)C)c3=O)N2CC1C. The van der Waals surface area contributed by atoms with Gasteiger partial charge in [-0.15, -0.1) is 0 Å². The van der Waals surface area contributed by atoms with Gasteiger partial charge >= 0.3 is 0 Å². The van der Waals surface area contributed by atoms with Crippen LogP contribution in [-0.2, 0) is 4.79 Å². The van der Waals surface area contributed by atoms with E-state index in [0.29, 0.717) is 64.4 Å². The number of anilines is 1. The molecule has 5 aromatic rings. The molecule has 0 aliphatic carbocycles. The third-order valence-electron chi connectivity index (χ3n) is 9.81. The van der Waals surface area contributed by atoms with E-state index >= 15 is 13.6 Å². The Morgan fingerprint density at radius 3 is 2.45 bits per heavy atom. The molecule has 2 atom stereocenters. The summed E-state index contributed by atoms with van der Waals surface area (Å²) in [5.41, 5.74) is 2.73. The number of aryl methyl sites for hydroxylation is 1. The zero-order chi connectivity index (χ0) is 34.9. The van der Waals surface area contributed by atoms with Crippen molar-refractivity contribution in [3.8, 4) is 22.6 Å². The minimum absolute atomic E-state index is 0.00361. The highest BCUT2D eigenvalue weighted by atomic mass is 19.1. The number of rotatable bonds is 5. The third kappa shape index (κ3) is 4.98. The molecule has 12 heteroatoms. The van der Waals surface area contributed by atoms with E-state index < -0.39 is 17.2 Å². The standard InChI is InChI=1S/C37H39F2N7O3/c1-8-26(47)44-15-22-11-12-49-36-34(45(22)14-21(44)7)23-13-24(38)28(27-20(6)9-10-25-32(27)43-16-40-25)29(39)33(23)46(37(36)48)35-30(18(2)3)41-17-42-31(35)19(4)5/h8-10,13,16-19,21-22H,1,11-12,14-15H2,2-7H3,(H,40,43). The summed E-state index contributed by atoms with van der Waals surface area (Å²) in [5.74, 6) is -2.24. The number of piperazine rings is 1. The number of nitrogens with zero attached hydrogens (tertiary/aromatic N) is 6. The topological polar surface area (TPSA) is 109 Å². The predicted molar refractivity (Wildman–Crippen MR) is 186 cm³/mol. The van der Waals surface area contributed by atoms with Crippen molar-refractivity contribution < 1.29 is 18.3 Å². The zero-order valence-electron chi connectivity index (χ0n) is 28.5. The number of pyridine rings is 1. The number of H-pyrrole nitrogens is 1. The first-order valence-corrected chi connectivity index (χ1v) is 16.7. The van der Waals surface area contributed by atoms with Gasteiger partial charge in [0.05, 0.1) is 63.9 Å². The van der Waals surface area contributed by atoms with E-state index in [1.165, 1.54) is 29.4 Å². The quantitative estimate of drug-likeness (QED) is 0.212. The molecule has 5 heterocycles. The second-order valence-corrected chi connectivity index (χ2v) is 13.6. The number of carbonyl (C=O) groups is 1. The van der Waals surface area contributed by atoms with Gasteiger partial charge in [0.2, 0.25) is 11.7 Å². The van der Waals surface area contributed by atoms with Crippen LogP contribution in [0.4, 0.5) is 14.5 Å². The van der Waals surface area contributed by atoms with Crippen LogP contribution in [0, 0.1) is 18.6 Å².